The van der Waals surface area contributed by atoms with E-state index in [1.165, 1.54) is 0 Å². The molecular formula is C24H39Cl4N5O3. The minimum atomic E-state index is -0.861. The van der Waals surface area contributed by atoms with E-state index in [0.717, 1.165) is 16.7 Å². The summed E-state index contributed by atoms with van der Waals surface area (Å²) in [7, 11) is 1.89. The lowest BCUT2D eigenvalue weighted by molar-refractivity contribution is -0.152. The molecular weight excluding hydrogens is 548 g/mol. The Kier molecular flexibility index (Phi) is 15.7. The smallest absolute Gasteiger partial charge is 0.328 e. The van der Waals surface area contributed by atoms with Crippen LogP contribution in [0.1, 0.15) is 39.9 Å². The lowest BCUT2D eigenvalue weighted by Crippen LogP contribution is -2.50. The second-order valence-corrected chi connectivity index (χ2v) is 9.87. The minimum absolute atomic E-state index is 0. The van der Waals surface area contributed by atoms with Gasteiger partial charge in [-0.1, -0.05) is 13.8 Å². The summed E-state index contributed by atoms with van der Waals surface area (Å²) in [6.07, 6.45) is 0.440. The molecule has 0 aliphatic heterocycles. The van der Waals surface area contributed by atoms with E-state index in [4.69, 9.17) is 38.7 Å². The van der Waals surface area contributed by atoms with Crippen molar-refractivity contribution >= 4 is 76.6 Å². The van der Waals surface area contributed by atoms with Crippen LogP contribution in [0.2, 0.25) is 0 Å². The standard InChI is InChI=1S/C24H37Cl2N5O3.2ClH/c1-15(2)12-20(24(33)34-16(3)4)29-23(32)18(27)14-22-28-19-13-17(6-7-21(19)30(22)5)31(10-8-25)11-9-26;;/h6-7,13,15-16,18,20H,8-12,14,27H2,1-5H3,(H,29,32);2*1H. The van der Waals surface area contributed by atoms with Crippen molar-refractivity contribution < 1.29 is 14.3 Å². The average Bonchev–Trinajstić information content (AvgIpc) is 3.06. The molecule has 3 N–H and O–H groups in total. The lowest BCUT2D eigenvalue weighted by Gasteiger charge is -2.22. The van der Waals surface area contributed by atoms with Crippen LogP contribution in [-0.4, -0.2) is 64.5 Å². The number of fused-ring (bicyclic) bond motifs is 1. The summed E-state index contributed by atoms with van der Waals surface area (Å²) in [6.45, 7) is 8.88. The SMILES string of the molecule is CC(C)CC(NC(=O)C(N)Cc1nc2cc(N(CCCl)CCCl)ccc2n1C)C(=O)OC(C)C.Cl.Cl. The zero-order valence-electron chi connectivity index (χ0n) is 21.5. The molecule has 12 heteroatoms. The van der Waals surface area contributed by atoms with Crippen molar-refractivity contribution in [3.63, 3.8) is 0 Å². The van der Waals surface area contributed by atoms with Gasteiger partial charge in [0.15, 0.2) is 0 Å². The van der Waals surface area contributed by atoms with E-state index in [-0.39, 0.29) is 43.3 Å². The summed E-state index contributed by atoms with van der Waals surface area (Å²) in [6, 6.07) is 4.39. The number of halogens is 4. The van der Waals surface area contributed by atoms with Crippen LogP contribution >= 0.6 is 48.0 Å². The van der Waals surface area contributed by atoms with E-state index in [1.54, 1.807) is 13.8 Å². The zero-order chi connectivity index (χ0) is 25.4. The van der Waals surface area contributed by atoms with E-state index < -0.39 is 24.0 Å². The molecule has 0 bridgehead atoms. The lowest BCUT2D eigenvalue weighted by atomic mass is 10.0. The van der Waals surface area contributed by atoms with Gasteiger partial charge in [-0.15, -0.1) is 48.0 Å². The first-order valence-electron chi connectivity index (χ1n) is 11.7. The van der Waals surface area contributed by atoms with Gasteiger partial charge in [-0.25, -0.2) is 9.78 Å². The summed E-state index contributed by atoms with van der Waals surface area (Å²) in [5.41, 5.74) is 8.94. The number of ether oxygens (including phenoxy) is 1. The maximum Gasteiger partial charge on any atom is 0.328 e. The number of aryl methyl sites for hydroxylation is 1. The fourth-order valence-corrected chi connectivity index (χ4v) is 4.17. The maximum atomic E-state index is 12.8. The van der Waals surface area contributed by atoms with Crippen LogP contribution < -0.4 is 16.0 Å². The summed E-state index contributed by atoms with van der Waals surface area (Å²) < 4.78 is 7.23. The van der Waals surface area contributed by atoms with Crippen LogP contribution in [0.3, 0.4) is 0 Å². The van der Waals surface area contributed by atoms with Gasteiger partial charge >= 0.3 is 5.97 Å². The number of esters is 1. The van der Waals surface area contributed by atoms with E-state index in [9.17, 15) is 9.59 Å². The number of rotatable bonds is 13. The zero-order valence-corrected chi connectivity index (χ0v) is 24.6. The number of amides is 1. The van der Waals surface area contributed by atoms with Gasteiger partial charge in [0.2, 0.25) is 5.91 Å². The van der Waals surface area contributed by atoms with Crippen molar-refractivity contribution in [3.8, 4) is 0 Å². The third-order valence-corrected chi connectivity index (χ3v) is 5.77. The first-order valence-corrected chi connectivity index (χ1v) is 12.7. The number of aromatic nitrogens is 2. The Hall–Kier alpha value is -1.45. The van der Waals surface area contributed by atoms with Crippen molar-refractivity contribution in [2.45, 2.75) is 58.7 Å². The average molecular weight is 587 g/mol. The Morgan fingerprint density at radius 3 is 2.28 bits per heavy atom. The van der Waals surface area contributed by atoms with Crippen LogP contribution in [0.25, 0.3) is 11.0 Å². The second kappa shape index (κ2) is 16.4. The Balaban J connectivity index is 0.00000612. The quantitative estimate of drug-likeness (QED) is 0.271. The fraction of sp³-hybridized carbons (Fsp3) is 0.625. The first kappa shape index (κ1) is 34.6. The molecule has 36 heavy (non-hydrogen) atoms. The minimum Gasteiger partial charge on any atom is -0.461 e. The van der Waals surface area contributed by atoms with Crippen molar-refractivity contribution in [1.82, 2.24) is 14.9 Å². The molecule has 2 atom stereocenters. The highest BCUT2D eigenvalue weighted by Gasteiger charge is 2.27. The van der Waals surface area contributed by atoms with Gasteiger partial charge in [-0.2, -0.15) is 0 Å². The predicted molar refractivity (Wildman–Crippen MR) is 153 cm³/mol. The Labute approximate surface area is 236 Å². The number of nitrogens with one attached hydrogen (secondary N) is 1. The molecule has 0 radical (unpaired) electrons. The number of hydrogen-bond donors (Lipinski definition) is 2. The van der Waals surface area contributed by atoms with E-state index >= 15 is 0 Å². The topological polar surface area (TPSA) is 102 Å². The normalized spacial score (nSPS) is 12.6. The molecule has 0 spiro atoms. The van der Waals surface area contributed by atoms with Crippen LogP contribution in [-0.2, 0) is 27.8 Å². The third-order valence-electron chi connectivity index (χ3n) is 5.43. The molecule has 1 aromatic carbocycles. The predicted octanol–water partition coefficient (Wildman–Crippen LogP) is 4.05. The molecule has 0 saturated heterocycles. The Morgan fingerprint density at radius 2 is 1.75 bits per heavy atom. The Bertz CT molecular complexity index is 965. The number of alkyl halides is 2. The van der Waals surface area contributed by atoms with Crippen molar-refractivity contribution in [2.24, 2.45) is 18.7 Å². The van der Waals surface area contributed by atoms with E-state index in [2.05, 4.69) is 10.2 Å². The highest BCUT2D eigenvalue weighted by Crippen LogP contribution is 2.23. The van der Waals surface area contributed by atoms with Gasteiger partial charge in [0, 0.05) is 44.0 Å². The van der Waals surface area contributed by atoms with Crippen LogP contribution in [0, 0.1) is 5.92 Å². The molecule has 0 fully saturated rings. The number of anilines is 1. The van der Waals surface area contributed by atoms with Gasteiger partial charge in [-0.3, -0.25) is 4.79 Å². The molecule has 1 heterocycles. The van der Waals surface area contributed by atoms with Gasteiger partial charge in [0.1, 0.15) is 11.9 Å². The molecule has 1 aromatic heterocycles. The second-order valence-electron chi connectivity index (χ2n) is 9.11. The van der Waals surface area contributed by atoms with Gasteiger partial charge in [0.05, 0.1) is 23.2 Å². The Morgan fingerprint density at radius 1 is 1.14 bits per heavy atom. The van der Waals surface area contributed by atoms with Crippen molar-refractivity contribution in [3.05, 3.63) is 24.0 Å². The molecule has 2 aromatic rings. The van der Waals surface area contributed by atoms with Gasteiger partial charge < -0.3 is 25.3 Å². The summed E-state index contributed by atoms with van der Waals surface area (Å²) in [5, 5.41) is 2.77. The van der Waals surface area contributed by atoms with E-state index in [0.29, 0.717) is 37.1 Å². The molecule has 8 nitrogen and oxygen atoms in total. The molecule has 206 valence electrons. The molecule has 0 aliphatic carbocycles. The van der Waals surface area contributed by atoms with Gasteiger partial charge in [-0.05, 0) is 44.4 Å². The summed E-state index contributed by atoms with van der Waals surface area (Å²) >= 11 is 11.9. The number of nitrogens with zero attached hydrogens (tertiary/aromatic N) is 3. The molecule has 1 amide bonds. The molecule has 0 saturated carbocycles. The number of hydrogen-bond acceptors (Lipinski definition) is 6. The number of benzene rings is 1. The molecule has 2 rings (SSSR count). The number of carbonyl (C=O) groups excluding carboxylic acids is 2. The molecule has 0 aliphatic rings. The number of nitrogens with two attached hydrogens (primary N) is 1. The highest BCUT2D eigenvalue weighted by molar-refractivity contribution is 6.18. The maximum absolute atomic E-state index is 12.8. The largest absolute Gasteiger partial charge is 0.461 e. The third kappa shape index (κ3) is 9.78. The van der Waals surface area contributed by atoms with Crippen molar-refractivity contribution in [2.75, 3.05) is 29.7 Å². The number of imidazole rings is 1. The van der Waals surface area contributed by atoms with Gasteiger partial charge in [0.25, 0.3) is 0 Å². The monoisotopic (exact) mass is 585 g/mol. The molecule has 2 unspecified atom stereocenters. The van der Waals surface area contributed by atoms with Crippen LogP contribution in [0.4, 0.5) is 5.69 Å². The summed E-state index contributed by atoms with van der Waals surface area (Å²) in [4.78, 5) is 32.1. The van der Waals surface area contributed by atoms with Crippen molar-refractivity contribution in [1.29, 1.82) is 0 Å². The highest BCUT2D eigenvalue weighted by atomic mass is 35.5. The van der Waals surface area contributed by atoms with E-state index in [1.807, 2.05) is 43.7 Å². The van der Waals surface area contributed by atoms with Crippen LogP contribution in [0.5, 0.6) is 0 Å². The fourth-order valence-electron chi connectivity index (χ4n) is 3.76. The first-order chi connectivity index (χ1) is 16.1. The summed E-state index contributed by atoms with van der Waals surface area (Å²) in [5.74, 6) is 1.02. The number of carbonyl (C=O) groups is 2. The van der Waals surface area contributed by atoms with Crippen LogP contribution in [0.15, 0.2) is 18.2 Å².